The third kappa shape index (κ3) is 2.64. The minimum absolute atomic E-state index is 0.628. The minimum Gasteiger partial charge on any atom is -0.496 e. The van der Waals surface area contributed by atoms with Gasteiger partial charge in [-0.1, -0.05) is 12.1 Å². The zero-order chi connectivity index (χ0) is 10.7. The summed E-state index contributed by atoms with van der Waals surface area (Å²) in [5.74, 6) is 3.58. The molecular formula is C12H16OS2. The van der Waals surface area contributed by atoms with E-state index >= 15 is 0 Å². The molecule has 1 nitrogen and oxygen atoms in total. The van der Waals surface area contributed by atoms with Gasteiger partial charge in [0.25, 0.3) is 0 Å². The van der Waals surface area contributed by atoms with Crippen LogP contribution in [0.4, 0.5) is 0 Å². The van der Waals surface area contributed by atoms with E-state index < -0.39 is 0 Å². The second-order valence-corrected chi connectivity index (χ2v) is 6.38. The fourth-order valence-corrected chi connectivity index (χ4v) is 4.60. The van der Waals surface area contributed by atoms with Crippen LogP contribution in [0.1, 0.15) is 22.1 Å². The van der Waals surface area contributed by atoms with E-state index in [1.807, 2.05) is 0 Å². The highest BCUT2D eigenvalue weighted by Crippen LogP contribution is 2.44. The maximum absolute atomic E-state index is 5.27. The normalized spacial score (nSPS) is 17.7. The Kier molecular flexibility index (Phi) is 3.87. The first-order valence-electron chi connectivity index (χ1n) is 5.19. The Morgan fingerprint density at radius 1 is 1.27 bits per heavy atom. The summed E-state index contributed by atoms with van der Waals surface area (Å²) in [4.78, 5) is 0. The number of hydrogen-bond donors (Lipinski definition) is 0. The first-order chi connectivity index (χ1) is 7.31. The minimum atomic E-state index is 0.628. The molecule has 2 rings (SSSR count). The third-order valence-corrected chi connectivity index (χ3v) is 5.53. The molecule has 0 saturated carbocycles. The van der Waals surface area contributed by atoms with Gasteiger partial charge in [-0.3, -0.25) is 0 Å². The predicted molar refractivity (Wildman–Crippen MR) is 70.0 cm³/mol. The van der Waals surface area contributed by atoms with E-state index in [0.29, 0.717) is 4.58 Å². The van der Waals surface area contributed by atoms with Gasteiger partial charge in [-0.2, -0.15) is 0 Å². The smallest absolute Gasteiger partial charge is 0.121 e. The van der Waals surface area contributed by atoms with Crippen molar-refractivity contribution in [3.63, 3.8) is 0 Å². The van der Waals surface area contributed by atoms with E-state index in [1.165, 1.54) is 29.1 Å². The Bertz CT molecular complexity index is 332. The Morgan fingerprint density at radius 3 is 2.60 bits per heavy atom. The van der Waals surface area contributed by atoms with Crippen molar-refractivity contribution in [1.29, 1.82) is 0 Å². The lowest BCUT2D eigenvalue weighted by Gasteiger charge is -2.21. The second kappa shape index (κ2) is 5.17. The summed E-state index contributed by atoms with van der Waals surface area (Å²) in [6, 6.07) is 6.54. The molecule has 1 aliphatic rings. The number of hydrogen-bond acceptors (Lipinski definition) is 3. The van der Waals surface area contributed by atoms with E-state index in [-0.39, 0.29) is 0 Å². The molecule has 15 heavy (non-hydrogen) atoms. The lowest BCUT2D eigenvalue weighted by Crippen LogP contribution is -2.00. The van der Waals surface area contributed by atoms with Gasteiger partial charge in [0.2, 0.25) is 0 Å². The molecule has 1 saturated heterocycles. The van der Waals surface area contributed by atoms with Crippen molar-refractivity contribution in [3.05, 3.63) is 29.3 Å². The number of rotatable bonds is 2. The lowest BCUT2D eigenvalue weighted by molar-refractivity contribution is 0.411. The molecule has 0 unspecified atom stereocenters. The van der Waals surface area contributed by atoms with Crippen LogP contribution in [0, 0.1) is 6.92 Å². The Morgan fingerprint density at radius 2 is 2.00 bits per heavy atom. The van der Waals surface area contributed by atoms with E-state index in [9.17, 15) is 0 Å². The highest BCUT2D eigenvalue weighted by Gasteiger charge is 2.17. The van der Waals surface area contributed by atoms with Crippen molar-refractivity contribution in [2.45, 2.75) is 17.9 Å². The summed E-state index contributed by atoms with van der Waals surface area (Å²) in [5, 5.41) is 0. The van der Waals surface area contributed by atoms with Crippen LogP contribution in [-0.2, 0) is 0 Å². The molecule has 1 fully saturated rings. The van der Waals surface area contributed by atoms with Crippen LogP contribution in [0.5, 0.6) is 5.75 Å². The highest BCUT2D eigenvalue weighted by atomic mass is 32.2. The van der Waals surface area contributed by atoms with Gasteiger partial charge in [-0.05, 0) is 42.0 Å². The fourth-order valence-electron chi connectivity index (χ4n) is 1.73. The van der Waals surface area contributed by atoms with E-state index in [1.54, 1.807) is 7.11 Å². The zero-order valence-electron chi connectivity index (χ0n) is 9.16. The van der Waals surface area contributed by atoms with Crippen molar-refractivity contribution in [3.8, 4) is 5.75 Å². The zero-order valence-corrected chi connectivity index (χ0v) is 10.8. The summed E-state index contributed by atoms with van der Waals surface area (Å²) >= 11 is 4.12. The summed E-state index contributed by atoms with van der Waals surface area (Å²) in [6.45, 7) is 2.11. The van der Waals surface area contributed by atoms with Gasteiger partial charge < -0.3 is 4.74 Å². The quantitative estimate of drug-likeness (QED) is 0.776. The van der Waals surface area contributed by atoms with Gasteiger partial charge in [0.05, 0.1) is 11.7 Å². The number of aryl methyl sites for hydroxylation is 1. The lowest BCUT2D eigenvalue weighted by atomic mass is 10.1. The van der Waals surface area contributed by atoms with E-state index in [2.05, 4.69) is 48.6 Å². The molecule has 1 aromatic rings. The summed E-state index contributed by atoms with van der Waals surface area (Å²) in [5.41, 5.74) is 2.67. The molecule has 0 spiro atoms. The maximum atomic E-state index is 5.27. The van der Waals surface area contributed by atoms with Crippen molar-refractivity contribution in [1.82, 2.24) is 0 Å². The molecule has 1 aliphatic heterocycles. The molecule has 0 amide bonds. The third-order valence-electron chi connectivity index (χ3n) is 2.52. The van der Waals surface area contributed by atoms with Crippen LogP contribution in [0.3, 0.4) is 0 Å². The molecule has 0 bridgehead atoms. The SMILES string of the molecule is COc1ccc(C2SCCCS2)cc1C. The Balaban J connectivity index is 2.17. The number of ether oxygens (including phenoxy) is 1. The molecule has 82 valence electrons. The molecule has 0 aliphatic carbocycles. The van der Waals surface area contributed by atoms with Crippen molar-refractivity contribution in [2.75, 3.05) is 18.6 Å². The highest BCUT2D eigenvalue weighted by molar-refractivity contribution is 8.16. The summed E-state index contributed by atoms with van der Waals surface area (Å²) in [6.07, 6.45) is 1.35. The van der Waals surface area contributed by atoms with Crippen LogP contribution in [0.2, 0.25) is 0 Å². The maximum Gasteiger partial charge on any atom is 0.121 e. The number of thioether (sulfide) groups is 2. The van der Waals surface area contributed by atoms with E-state index in [0.717, 1.165) is 5.75 Å². The Labute approximate surface area is 100.0 Å². The molecule has 1 aromatic carbocycles. The largest absolute Gasteiger partial charge is 0.496 e. The van der Waals surface area contributed by atoms with Gasteiger partial charge in [0.15, 0.2) is 0 Å². The number of benzene rings is 1. The van der Waals surface area contributed by atoms with Crippen molar-refractivity contribution >= 4 is 23.5 Å². The average molecular weight is 240 g/mol. The molecule has 0 atom stereocenters. The standard InChI is InChI=1S/C12H16OS2/c1-9-8-10(4-5-11(9)13-2)12-14-6-3-7-15-12/h4-5,8,12H,3,6-7H2,1-2H3. The first kappa shape index (κ1) is 11.2. The molecule has 0 radical (unpaired) electrons. The molecule has 0 N–H and O–H groups in total. The fraction of sp³-hybridized carbons (Fsp3) is 0.500. The average Bonchev–Trinajstić information content (AvgIpc) is 2.30. The van der Waals surface area contributed by atoms with Gasteiger partial charge in [-0.25, -0.2) is 0 Å². The van der Waals surface area contributed by atoms with Gasteiger partial charge >= 0.3 is 0 Å². The van der Waals surface area contributed by atoms with Gasteiger partial charge in [0.1, 0.15) is 5.75 Å². The van der Waals surface area contributed by atoms with Crippen LogP contribution in [0.25, 0.3) is 0 Å². The van der Waals surface area contributed by atoms with Crippen LogP contribution < -0.4 is 4.74 Å². The summed E-state index contributed by atoms with van der Waals surface area (Å²) < 4.78 is 5.90. The number of methoxy groups -OCH3 is 1. The topological polar surface area (TPSA) is 9.23 Å². The van der Waals surface area contributed by atoms with Crippen molar-refractivity contribution in [2.24, 2.45) is 0 Å². The van der Waals surface area contributed by atoms with Gasteiger partial charge in [-0.15, -0.1) is 23.5 Å². The van der Waals surface area contributed by atoms with Crippen LogP contribution in [-0.4, -0.2) is 18.6 Å². The van der Waals surface area contributed by atoms with Crippen LogP contribution in [0.15, 0.2) is 18.2 Å². The molecule has 0 aromatic heterocycles. The van der Waals surface area contributed by atoms with Crippen LogP contribution >= 0.6 is 23.5 Å². The second-order valence-electron chi connectivity index (χ2n) is 3.66. The Hall–Kier alpha value is -0.280. The molecule has 3 heteroatoms. The van der Waals surface area contributed by atoms with Gasteiger partial charge in [0, 0.05) is 0 Å². The first-order valence-corrected chi connectivity index (χ1v) is 7.29. The van der Waals surface area contributed by atoms with Crippen molar-refractivity contribution < 1.29 is 4.74 Å². The molecular weight excluding hydrogens is 224 g/mol. The monoisotopic (exact) mass is 240 g/mol. The summed E-state index contributed by atoms with van der Waals surface area (Å²) in [7, 11) is 1.73. The van der Waals surface area contributed by atoms with E-state index in [4.69, 9.17) is 4.74 Å². The molecule has 1 heterocycles. The predicted octanol–water partition coefficient (Wildman–Crippen LogP) is 3.87.